The number of hydrogen-bond acceptors (Lipinski definition) is 5. The Morgan fingerprint density at radius 3 is 2.37 bits per heavy atom. The number of aromatic nitrogens is 2. The number of carbonyl (C=O) groups is 1. The molecule has 0 bridgehead atoms. The van der Waals surface area contributed by atoms with Gasteiger partial charge in [0.25, 0.3) is 0 Å². The molecule has 1 amide bonds. The molecule has 0 aliphatic rings. The molecule has 0 unspecified atom stereocenters. The Labute approximate surface area is 158 Å². The SMILES string of the molecule is Cc1cc(C)nc(Oc2cccc(NC(=O)CCOc3ccccc3)c2)n1. The van der Waals surface area contributed by atoms with Crippen LogP contribution in [0, 0.1) is 13.8 Å². The van der Waals surface area contributed by atoms with Crippen molar-refractivity contribution < 1.29 is 14.3 Å². The van der Waals surface area contributed by atoms with Crippen LogP contribution in [0.2, 0.25) is 0 Å². The molecule has 6 heteroatoms. The van der Waals surface area contributed by atoms with E-state index in [2.05, 4.69) is 15.3 Å². The largest absolute Gasteiger partial charge is 0.493 e. The van der Waals surface area contributed by atoms with Crippen LogP contribution in [0.3, 0.4) is 0 Å². The van der Waals surface area contributed by atoms with E-state index in [0.717, 1.165) is 17.1 Å². The number of anilines is 1. The number of hydrogen-bond donors (Lipinski definition) is 1. The van der Waals surface area contributed by atoms with Crippen molar-refractivity contribution in [3.05, 3.63) is 72.1 Å². The van der Waals surface area contributed by atoms with Crippen LogP contribution in [-0.4, -0.2) is 22.5 Å². The lowest BCUT2D eigenvalue weighted by molar-refractivity contribution is -0.116. The van der Waals surface area contributed by atoms with E-state index in [9.17, 15) is 4.79 Å². The highest BCUT2D eigenvalue weighted by Gasteiger charge is 2.06. The van der Waals surface area contributed by atoms with Crippen LogP contribution in [-0.2, 0) is 4.79 Å². The Hall–Kier alpha value is -3.41. The molecule has 2 aromatic carbocycles. The van der Waals surface area contributed by atoms with Crippen molar-refractivity contribution in [3.63, 3.8) is 0 Å². The maximum Gasteiger partial charge on any atom is 0.322 e. The van der Waals surface area contributed by atoms with Gasteiger partial charge in [-0.1, -0.05) is 24.3 Å². The monoisotopic (exact) mass is 363 g/mol. The summed E-state index contributed by atoms with van der Waals surface area (Å²) in [4.78, 5) is 20.6. The summed E-state index contributed by atoms with van der Waals surface area (Å²) < 4.78 is 11.2. The molecule has 0 aliphatic heterocycles. The van der Waals surface area contributed by atoms with Crippen molar-refractivity contribution in [3.8, 4) is 17.5 Å². The highest BCUT2D eigenvalue weighted by Crippen LogP contribution is 2.22. The third-order valence-electron chi connectivity index (χ3n) is 3.63. The molecule has 0 radical (unpaired) electrons. The maximum absolute atomic E-state index is 12.1. The normalized spacial score (nSPS) is 10.3. The summed E-state index contributed by atoms with van der Waals surface area (Å²) in [6.45, 7) is 4.08. The molecule has 0 saturated heterocycles. The van der Waals surface area contributed by atoms with E-state index in [1.54, 1.807) is 24.3 Å². The zero-order valence-corrected chi connectivity index (χ0v) is 15.3. The van der Waals surface area contributed by atoms with Crippen molar-refractivity contribution in [2.45, 2.75) is 20.3 Å². The fraction of sp³-hybridized carbons (Fsp3) is 0.190. The van der Waals surface area contributed by atoms with Gasteiger partial charge in [0.2, 0.25) is 5.91 Å². The number of ether oxygens (including phenoxy) is 2. The average Bonchev–Trinajstić information content (AvgIpc) is 2.62. The Balaban J connectivity index is 1.54. The molecule has 0 fully saturated rings. The van der Waals surface area contributed by atoms with Crippen LogP contribution < -0.4 is 14.8 Å². The van der Waals surface area contributed by atoms with E-state index in [-0.39, 0.29) is 18.3 Å². The summed E-state index contributed by atoms with van der Waals surface area (Å²) in [6, 6.07) is 18.7. The summed E-state index contributed by atoms with van der Waals surface area (Å²) in [6.07, 6.45) is 0.250. The Bertz CT molecular complexity index is 893. The number of nitrogens with zero attached hydrogens (tertiary/aromatic N) is 2. The molecule has 27 heavy (non-hydrogen) atoms. The van der Waals surface area contributed by atoms with Gasteiger partial charge in [-0.2, -0.15) is 0 Å². The van der Waals surface area contributed by atoms with Crippen LogP contribution in [0.5, 0.6) is 17.5 Å². The first kappa shape index (κ1) is 18.4. The van der Waals surface area contributed by atoms with E-state index in [1.165, 1.54) is 0 Å². The van der Waals surface area contributed by atoms with Crippen LogP contribution >= 0.6 is 0 Å². The van der Waals surface area contributed by atoms with Gasteiger partial charge in [-0.15, -0.1) is 0 Å². The Morgan fingerprint density at radius 1 is 0.926 bits per heavy atom. The number of amides is 1. The molecule has 0 atom stereocenters. The first-order valence-corrected chi connectivity index (χ1v) is 8.66. The Kier molecular flexibility index (Phi) is 5.99. The molecule has 6 nitrogen and oxygen atoms in total. The third-order valence-corrected chi connectivity index (χ3v) is 3.63. The first-order chi connectivity index (χ1) is 13.1. The smallest absolute Gasteiger partial charge is 0.322 e. The first-order valence-electron chi connectivity index (χ1n) is 8.66. The zero-order valence-electron chi connectivity index (χ0n) is 15.3. The lowest BCUT2D eigenvalue weighted by Gasteiger charge is -2.09. The second-order valence-corrected chi connectivity index (χ2v) is 6.02. The fourth-order valence-corrected chi connectivity index (χ4v) is 2.48. The molecule has 138 valence electrons. The Morgan fingerprint density at radius 2 is 1.63 bits per heavy atom. The minimum atomic E-state index is -0.134. The van der Waals surface area contributed by atoms with Crippen molar-refractivity contribution in [2.75, 3.05) is 11.9 Å². The van der Waals surface area contributed by atoms with Crippen molar-refractivity contribution in [1.82, 2.24) is 9.97 Å². The van der Waals surface area contributed by atoms with Crippen molar-refractivity contribution >= 4 is 11.6 Å². The van der Waals surface area contributed by atoms with E-state index in [0.29, 0.717) is 18.0 Å². The highest BCUT2D eigenvalue weighted by atomic mass is 16.5. The summed E-state index contributed by atoms with van der Waals surface area (Å²) in [5.74, 6) is 1.17. The molecule has 0 aliphatic carbocycles. The van der Waals surface area contributed by atoms with Gasteiger partial charge in [0.1, 0.15) is 11.5 Å². The molecule has 3 aromatic rings. The molecule has 1 aromatic heterocycles. The number of aryl methyl sites for hydroxylation is 2. The zero-order chi connectivity index (χ0) is 19.1. The lowest BCUT2D eigenvalue weighted by atomic mass is 10.3. The van der Waals surface area contributed by atoms with E-state index in [4.69, 9.17) is 9.47 Å². The highest BCUT2D eigenvalue weighted by molar-refractivity contribution is 5.90. The van der Waals surface area contributed by atoms with Gasteiger partial charge in [0, 0.05) is 23.1 Å². The molecule has 1 N–H and O–H groups in total. The van der Waals surface area contributed by atoms with E-state index >= 15 is 0 Å². The summed E-state index contributed by atoms with van der Waals surface area (Å²) in [5.41, 5.74) is 2.31. The molecule has 0 saturated carbocycles. The molecular formula is C21H21N3O3. The standard InChI is InChI=1S/C21H21N3O3/c1-15-13-16(2)23-21(22-15)27-19-10-6-7-17(14-19)24-20(25)11-12-26-18-8-4-3-5-9-18/h3-10,13-14H,11-12H2,1-2H3,(H,24,25). The number of nitrogens with one attached hydrogen (secondary N) is 1. The van der Waals surface area contributed by atoms with Crippen LogP contribution in [0.1, 0.15) is 17.8 Å². The van der Waals surface area contributed by atoms with Gasteiger partial charge in [-0.05, 0) is 44.2 Å². The van der Waals surface area contributed by atoms with Gasteiger partial charge in [-0.3, -0.25) is 4.79 Å². The summed E-state index contributed by atoms with van der Waals surface area (Å²) in [7, 11) is 0. The number of para-hydroxylation sites is 1. The van der Waals surface area contributed by atoms with Gasteiger partial charge >= 0.3 is 6.01 Å². The topological polar surface area (TPSA) is 73.3 Å². The minimum Gasteiger partial charge on any atom is -0.493 e. The van der Waals surface area contributed by atoms with Gasteiger partial charge in [0.05, 0.1) is 13.0 Å². The predicted octanol–water partition coefficient (Wildman–Crippen LogP) is 4.29. The molecule has 1 heterocycles. The minimum absolute atomic E-state index is 0.134. The lowest BCUT2D eigenvalue weighted by Crippen LogP contribution is -2.15. The van der Waals surface area contributed by atoms with E-state index in [1.807, 2.05) is 50.2 Å². The average molecular weight is 363 g/mol. The third kappa shape index (κ3) is 5.81. The molecular weight excluding hydrogens is 342 g/mol. The van der Waals surface area contributed by atoms with Crippen LogP contribution in [0.4, 0.5) is 5.69 Å². The quantitative estimate of drug-likeness (QED) is 0.678. The van der Waals surface area contributed by atoms with Crippen molar-refractivity contribution in [1.29, 1.82) is 0 Å². The van der Waals surface area contributed by atoms with E-state index < -0.39 is 0 Å². The maximum atomic E-state index is 12.1. The number of carbonyl (C=O) groups excluding carboxylic acids is 1. The molecule has 3 rings (SSSR count). The second-order valence-electron chi connectivity index (χ2n) is 6.02. The van der Waals surface area contributed by atoms with Crippen molar-refractivity contribution in [2.24, 2.45) is 0 Å². The van der Waals surface area contributed by atoms with Crippen LogP contribution in [0.15, 0.2) is 60.7 Å². The number of rotatable bonds is 7. The second kappa shape index (κ2) is 8.80. The molecule has 0 spiro atoms. The van der Waals surface area contributed by atoms with Crippen LogP contribution in [0.25, 0.3) is 0 Å². The number of benzene rings is 2. The fourth-order valence-electron chi connectivity index (χ4n) is 2.48. The van der Waals surface area contributed by atoms with Gasteiger partial charge in [0.15, 0.2) is 0 Å². The summed E-state index contributed by atoms with van der Waals surface area (Å²) >= 11 is 0. The van der Waals surface area contributed by atoms with Gasteiger partial charge < -0.3 is 14.8 Å². The summed E-state index contributed by atoms with van der Waals surface area (Å²) in [5, 5.41) is 2.84. The van der Waals surface area contributed by atoms with Gasteiger partial charge in [-0.25, -0.2) is 9.97 Å². The predicted molar refractivity (Wildman–Crippen MR) is 103 cm³/mol.